The summed E-state index contributed by atoms with van der Waals surface area (Å²) in [5, 5.41) is 23.0. The van der Waals surface area contributed by atoms with E-state index in [9.17, 15) is 5.11 Å². The number of aryl methyl sites for hydroxylation is 2. The van der Waals surface area contributed by atoms with Gasteiger partial charge in [-0.05, 0) is 111 Å². The second-order valence-electron chi connectivity index (χ2n) is 13.6. The Morgan fingerprint density at radius 1 is 1.08 bits per heavy atom. The number of nitrogens with one attached hydrogen (secondary N) is 1. The molecule has 1 aromatic carbocycles. The van der Waals surface area contributed by atoms with Gasteiger partial charge in [0, 0.05) is 25.3 Å². The molecule has 0 bridgehead atoms. The van der Waals surface area contributed by atoms with Crippen molar-refractivity contribution in [1.82, 2.24) is 20.3 Å². The second kappa shape index (κ2) is 10.5. The van der Waals surface area contributed by atoms with Crippen molar-refractivity contribution in [2.24, 2.45) is 34.5 Å². The van der Waals surface area contributed by atoms with Gasteiger partial charge in [-0.15, -0.1) is 5.10 Å². The fourth-order valence-electron chi connectivity index (χ4n) is 9.53. The first-order valence-corrected chi connectivity index (χ1v) is 15.4. The standard InChI is InChI=1S/C33H48N4O/c1-23(34-21-26-22-37(36-35-26)19-7-10-24-8-5-4-6-9-24)29-13-14-30-28-12-11-25-20-27(38)15-17-32(25,2)31(28)16-18-33(29,30)3/h4-6,8-9,11,22-23,27-31,34,38H,7,10,12-21H2,1-3H3/t23-,27+,28+,29-,30+,31+,32+,33-/m1/s1. The number of hydrogen-bond acceptors (Lipinski definition) is 4. The highest BCUT2D eigenvalue weighted by Crippen LogP contribution is 2.66. The molecule has 38 heavy (non-hydrogen) atoms. The van der Waals surface area contributed by atoms with Crippen LogP contribution >= 0.6 is 0 Å². The zero-order chi connectivity index (χ0) is 26.3. The van der Waals surface area contributed by atoms with E-state index in [0.717, 1.165) is 68.1 Å². The van der Waals surface area contributed by atoms with Crippen LogP contribution in [0.1, 0.15) is 89.8 Å². The lowest BCUT2D eigenvalue weighted by atomic mass is 9.47. The largest absolute Gasteiger partial charge is 0.393 e. The summed E-state index contributed by atoms with van der Waals surface area (Å²) in [6.45, 7) is 9.29. The summed E-state index contributed by atoms with van der Waals surface area (Å²) in [7, 11) is 0. The van der Waals surface area contributed by atoms with Crippen LogP contribution in [0.5, 0.6) is 0 Å². The summed E-state index contributed by atoms with van der Waals surface area (Å²) in [5.74, 6) is 3.20. The summed E-state index contributed by atoms with van der Waals surface area (Å²) in [6, 6.07) is 11.2. The molecule has 3 saturated carbocycles. The van der Waals surface area contributed by atoms with Crippen molar-refractivity contribution in [2.75, 3.05) is 0 Å². The zero-order valence-electron chi connectivity index (χ0n) is 23.8. The summed E-state index contributed by atoms with van der Waals surface area (Å²) in [5.41, 5.74) is 4.78. The minimum Gasteiger partial charge on any atom is -0.393 e. The molecule has 5 nitrogen and oxygen atoms in total. The highest BCUT2D eigenvalue weighted by Gasteiger charge is 2.59. The molecular weight excluding hydrogens is 468 g/mol. The maximum Gasteiger partial charge on any atom is 0.0964 e. The average molecular weight is 517 g/mol. The number of rotatable bonds is 8. The summed E-state index contributed by atoms with van der Waals surface area (Å²) in [6.07, 6.45) is 16.5. The van der Waals surface area contributed by atoms with E-state index in [2.05, 4.69) is 79.0 Å². The van der Waals surface area contributed by atoms with E-state index >= 15 is 0 Å². The van der Waals surface area contributed by atoms with Crippen molar-refractivity contribution < 1.29 is 5.11 Å². The normalized spacial score (nSPS) is 37.2. The van der Waals surface area contributed by atoms with E-state index in [1.54, 1.807) is 5.57 Å². The van der Waals surface area contributed by atoms with Crippen LogP contribution in [0, 0.1) is 34.5 Å². The van der Waals surface area contributed by atoms with Gasteiger partial charge in [-0.3, -0.25) is 4.68 Å². The maximum atomic E-state index is 10.3. The van der Waals surface area contributed by atoms with Gasteiger partial charge < -0.3 is 10.4 Å². The Hall–Kier alpha value is -1.98. The molecule has 206 valence electrons. The first-order valence-electron chi connectivity index (χ1n) is 15.4. The van der Waals surface area contributed by atoms with Crippen LogP contribution in [0.4, 0.5) is 0 Å². The van der Waals surface area contributed by atoms with Crippen LogP contribution in [-0.4, -0.2) is 32.2 Å². The third kappa shape index (κ3) is 4.79. The summed E-state index contributed by atoms with van der Waals surface area (Å²) >= 11 is 0. The molecule has 0 aliphatic heterocycles. The number of nitrogens with zero attached hydrogens (tertiary/aromatic N) is 3. The van der Waals surface area contributed by atoms with Crippen LogP contribution in [-0.2, 0) is 19.5 Å². The van der Waals surface area contributed by atoms with Crippen LogP contribution < -0.4 is 5.32 Å². The van der Waals surface area contributed by atoms with Gasteiger partial charge in [0.15, 0.2) is 0 Å². The SMILES string of the molecule is C[C@@H](NCc1cn(CCCc2ccccc2)nn1)[C@H]1CC[C@H]2[C@@H]3CC=C4C[C@@H](O)CC[C@]4(C)[C@H]3CC[C@]12C. The van der Waals surface area contributed by atoms with E-state index < -0.39 is 0 Å². The predicted molar refractivity (Wildman–Crippen MR) is 152 cm³/mol. The lowest BCUT2D eigenvalue weighted by Gasteiger charge is -2.58. The average Bonchev–Trinajstić information content (AvgIpc) is 3.52. The predicted octanol–water partition coefficient (Wildman–Crippen LogP) is 6.33. The van der Waals surface area contributed by atoms with E-state index in [0.29, 0.717) is 16.9 Å². The number of fused-ring (bicyclic) bond motifs is 5. The molecular formula is C33H48N4O. The number of aromatic nitrogens is 3. The van der Waals surface area contributed by atoms with Crippen molar-refractivity contribution in [1.29, 1.82) is 0 Å². The zero-order valence-corrected chi connectivity index (χ0v) is 23.8. The molecule has 1 heterocycles. The molecule has 6 rings (SSSR count). The number of benzene rings is 1. The third-order valence-electron chi connectivity index (χ3n) is 11.6. The minimum atomic E-state index is -0.113. The van der Waals surface area contributed by atoms with Gasteiger partial charge in [0.25, 0.3) is 0 Å². The number of allylic oxidation sites excluding steroid dienone is 1. The molecule has 0 spiro atoms. The topological polar surface area (TPSA) is 63.0 Å². The smallest absolute Gasteiger partial charge is 0.0964 e. The summed E-state index contributed by atoms with van der Waals surface area (Å²) < 4.78 is 2.01. The molecule has 0 saturated heterocycles. The van der Waals surface area contributed by atoms with Gasteiger partial charge in [-0.1, -0.05) is 61.0 Å². The Bertz CT molecular complexity index is 1130. The van der Waals surface area contributed by atoms with Crippen molar-refractivity contribution in [3.63, 3.8) is 0 Å². The molecule has 4 aliphatic rings. The van der Waals surface area contributed by atoms with Gasteiger partial charge in [0.2, 0.25) is 0 Å². The molecule has 1 aromatic heterocycles. The van der Waals surface area contributed by atoms with Crippen LogP contribution in [0.2, 0.25) is 0 Å². The quantitative estimate of drug-likeness (QED) is 0.403. The van der Waals surface area contributed by atoms with Gasteiger partial charge in [0.05, 0.1) is 11.8 Å². The maximum absolute atomic E-state index is 10.3. The molecule has 8 atom stereocenters. The summed E-state index contributed by atoms with van der Waals surface area (Å²) in [4.78, 5) is 0. The number of aliphatic hydroxyl groups excluding tert-OH is 1. The highest BCUT2D eigenvalue weighted by atomic mass is 16.3. The lowest BCUT2D eigenvalue weighted by Crippen LogP contribution is -2.52. The van der Waals surface area contributed by atoms with Gasteiger partial charge in [0.1, 0.15) is 0 Å². The van der Waals surface area contributed by atoms with Crippen molar-refractivity contribution in [3.8, 4) is 0 Å². The van der Waals surface area contributed by atoms with Crippen molar-refractivity contribution in [3.05, 3.63) is 59.4 Å². The van der Waals surface area contributed by atoms with E-state index in [1.807, 2.05) is 4.68 Å². The highest BCUT2D eigenvalue weighted by molar-refractivity contribution is 5.25. The van der Waals surface area contributed by atoms with Gasteiger partial charge >= 0.3 is 0 Å². The number of hydrogen-bond donors (Lipinski definition) is 2. The number of aliphatic hydroxyl groups is 1. The minimum absolute atomic E-state index is 0.113. The van der Waals surface area contributed by atoms with Crippen LogP contribution in [0.3, 0.4) is 0 Å². The van der Waals surface area contributed by atoms with Crippen molar-refractivity contribution in [2.45, 2.75) is 110 Å². The molecule has 3 fully saturated rings. The molecule has 0 radical (unpaired) electrons. The molecule has 4 aliphatic carbocycles. The van der Waals surface area contributed by atoms with Crippen molar-refractivity contribution >= 4 is 0 Å². The fourth-order valence-corrected chi connectivity index (χ4v) is 9.53. The van der Waals surface area contributed by atoms with E-state index in [-0.39, 0.29) is 6.10 Å². The Morgan fingerprint density at radius 2 is 1.92 bits per heavy atom. The Morgan fingerprint density at radius 3 is 2.76 bits per heavy atom. The Labute approximate surface area is 229 Å². The molecule has 2 N–H and O–H groups in total. The Balaban J connectivity index is 1.04. The van der Waals surface area contributed by atoms with Crippen LogP contribution in [0.25, 0.3) is 0 Å². The molecule has 5 heteroatoms. The van der Waals surface area contributed by atoms with E-state index in [1.165, 1.54) is 44.1 Å². The molecule has 0 unspecified atom stereocenters. The molecule has 2 aromatic rings. The van der Waals surface area contributed by atoms with Gasteiger partial charge in [-0.2, -0.15) is 0 Å². The first kappa shape index (κ1) is 26.3. The Kier molecular flexibility index (Phi) is 7.28. The van der Waals surface area contributed by atoms with Gasteiger partial charge in [-0.25, -0.2) is 0 Å². The first-order chi connectivity index (χ1) is 18.4. The fraction of sp³-hybridized carbons (Fsp3) is 0.697. The monoisotopic (exact) mass is 516 g/mol. The third-order valence-corrected chi connectivity index (χ3v) is 11.6. The lowest BCUT2D eigenvalue weighted by molar-refractivity contribution is -0.0536. The second-order valence-corrected chi connectivity index (χ2v) is 13.6. The molecule has 0 amide bonds. The van der Waals surface area contributed by atoms with E-state index in [4.69, 9.17) is 0 Å². The van der Waals surface area contributed by atoms with Crippen LogP contribution in [0.15, 0.2) is 48.2 Å².